The van der Waals surface area contributed by atoms with E-state index in [0.29, 0.717) is 32.3 Å². The summed E-state index contributed by atoms with van der Waals surface area (Å²) >= 11 is 0. The van der Waals surface area contributed by atoms with Gasteiger partial charge in [0.05, 0.1) is 18.2 Å². The molecule has 188 valence electrons. The van der Waals surface area contributed by atoms with Crippen LogP contribution in [0.3, 0.4) is 0 Å². The molecule has 9 heteroatoms. The summed E-state index contributed by atoms with van der Waals surface area (Å²) in [5, 5.41) is 13.6. The van der Waals surface area contributed by atoms with Gasteiger partial charge in [-0.1, -0.05) is 24.3 Å². The summed E-state index contributed by atoms with van der Waals surface area (Å²) in [6.07, 6.45) is 2.74. The summed E-state index contributed by atoms with van der Waals surface area (Å²) in [6.45, 7) is 7.18. The highest BCUT2D eigenvalue weighted by molar-refractivity contribution is 5.99. The van der Waals surface area contributed by atoms with Gasteiger partial charge in [0.1, 0.15) is 5.60 Å². The van der Waals surface area contributed by atoms with Crippen LogP contribution in [0.5, 0.6) is 5.88 Å². The van der Waals surface area contributed by atoms with E-state index in [1.165, 1.54) is 6.92 Å². The summed E-state index contributed by atoms with van der Waals surface area (Å²) in [6, 6.07) is 7.21. The number of rotatable bonds is 7. The largest absolute Gasteiger partial charge is 0.478 e. The number of benzene rings is 1. The fourth-order valence-corrected chi connectivity index (χ4v) is 4.80. The molecule has 3 heterocycles. The summed E-state index contributed by atoms with van der Waals surface area (Å²) < 4.78 is 29.3. The van der Waals surface area contributed by atoms with Crippen LogP contribution >= 0.6 is 0 Å². The Kier molecular flexibility index (Phi) is 6.87. The molecule has 0 saturated carbocycles. The SMILES string of the molecule is Cc1onc(OCCCc2ccc(C3=C(C(=O)O)C4CCC(C3)N4C(=O)OC(C)(C)C)cc2)c1F. The van der Waals surface area contributed by atoms with Crippen molar-refractivity contribution in [3.05, 3.63) is 52.5 Å². The lowest BCUT2D eigenvalue weighted by atomic mass is 9.88. The van der Waals surface area contributed by atoms with Crippen molar-refractivity contribution in [1.82, 2.24) is 10.1 Å². The number of carboxylic acids is 1. The van der Waals surface area contributed by atoms with Crippen LogP contribution in [-0.4, -0.2) is 51.5 Å². The van der Waals surface area contributed by atoms with E-state index >= 15 is 0 Å². The van der Waals surface area contributed by atoms with E-state index in [9.17, 15) is 19.1 Å². The van der Waals surface area contributed by atoms with Crippen LogP contribution in [0.15, 0.2) is 34.4 Å². The number of carbonyl (C=O) groups excluding carboxylic acids is 1. The average molecular weight is 487 g/mol. The smallest absolute Gasteiger partial charge is 0.411 e. The first-order chi connectivity index (χ1) is 16.5. The number of aromatic nitrogens is 1. The molecule has 1 aromatic carbocycles. The van der Waals surface area contributed by atoms with Gasteiger partial charge in [-0.25, -0.2) is 9.59 Å². The Labute approximate surface area is 203 Å². The Balaban J connectivity index is 1.44. The molecule has 2 aliphatic rings. The topological polar surface area (TPSA) is 102 Å². The van der Waals surface area contributed by atoms with Gasteiger partial charge in [-0.2, -0.15) is 4.39 Å². The van der Waals surface area contributed by atoms with E-state index in [4.69, 9.17) is 14.0 Å². The Morgan fingerprint density at radius 2 is 1.94 bits per heavy atom. The van der Waals surface area contributed by atoms with Crippen LogP contribution in [0.4, 0.5) is 9.18 Å². The third-order valence-corrected chi connectivity index (χ3v) is 6.35. The van der Waals surface area contributed by atoms with Crippen molar-refractivity contribution in [2.45, 2.75) is 77.5 Å². The van der Waals surface area contributed by atoms with E-state index in [0.717, 1.165) is 23.1 Å². The van der Waals surface area contributed by atoms with E-state index in [1.807, 2.05) is 24.3 Å². The summed E-state index contributed by atoms with van der Waals surface area (Å²) in [4.78, 5) is 26.7. The van der Waals surface area contributed by atoms with Crippen molar-refractivity contribution in [2.75, 3.05) is 6.61 Å². The molecule has 1 N–H and O–H groups in total. The summed E-state index contributed by atoms with van der Waals surface area (Å²) in [7, 11) is 0. The van der Waals surface area contributed by atoms with Gasteiger partial charge in [-0.3, -0.25) is 4.90 Å². The zero-order chi connectivity index (χ0) is 25.3. The second-order valence-corrected chi connectivity index (χ2v) is 10.0. The monoisotopic (exact) mass is 486 g/mol. The number of amides is 1. The Hall–Kier alpha value is -3.36. The fourth-order valence-electron chi connectivity index (χ4n) is 4.80. The molecule has 2 bridgehead atoms. The second-order valence-electron chi connectivity index (χ2n) is 10.0. The van der Waals surface area contributed by atoms with Crippen molar-refractivity contribution in [2.24, 2.45) is 0 Å². The van der Waals surface area contributed by atoms with Gasteiger partial charge in [-0.15, -0.1) is 0 Å². The highest BCUT2D eigenvalue weighted by Gasteiger charge is 2.47. The number of carboxylic acid groups (broad SMARTS) is 1. The third kappa shape index (κ3) is 5.33. The van der Waals surface area contributed by atoms with Gasteiger partial charge < -0.3 is 19.1 Å². The van der Waals surface area contributed by atoms with Crippen LogP contribution in [0.25, 0.3) is 5.57 Å². The summed E-state index contributed by atoms with van der Waals surface area (Å²) in [5.74, 6) is -1.62. The van der Waals surface area contributed by atoms with Gasteiger partial charge in [-0.05, 0) is 81.7 Å². The van der Waals surface area contributed by atoms with Crippen LogP contribution in [0, 0.1) is 12.7 Å². The maximum Gasteiger partial charge on any atom is 0.411 e. The van der Waals surface area contributed by atoms with Crippen LogP contribution in [0.2, 0.25) is 0 Å². The number of halogens is 1. The molecule has 4 rings (SSSR count). The molecule has 35 heavy (non-hydrogen) atoms. The molecule has 8 nitrogen and oxygen atoms in total. The van der Waals surface area contributed by atoms with Crippen LogP contribution in [-0.2, 0) is 16.0 Å². The number of ether oxygens (including phenoxy) is 2. The van der Waals surface area contributed by atoms with Gasteiger partial charge in [0.2, 0.25) is 5.82 Å². The first kappa shape index (κ1) is 24.8. The molecule has 0 radical (unpaired) electrons. The minimum atomic E-state index is -1.00. The number of carbonyl (C=O) groups is 2. The van der Waals surface area contributed by atoms with Crippen molar-refractivity contribution in [3.63, 3.8) is 0 Å². The van der Waals surface area contributed by atoms with Crippen molar-refractivity contribution >= 4 is 17.6 Å². The number of fused-ring (bicyclic) bond motifs is 2. The molecule has 2 aliphatic heterocycles. The third-order valence-electron chi connectivity index (χ3n) is 6.35. The quantitative estimate of drug-likeness (QED) is 0.541. The average Bonchev–Trinajstić information content (AvgIpc) is 3.27. The molecule has 1 amide bonds. The van der Waals surface area contributed by atoms with Gasteiger partial charge >= 0.3 is 12.1 Å². The number of aryl methyl sites for hydroxylation is 2. The molecular formula is C26H31FN2O6. The van der Waals surface area contributed by atoms with E-state index in [1.54, 1.807) is 25.7 Å². The molecule has 1 fully saturated rings. The lowest BCUT2D eigenvalue weighted by molar-refractivity contribution is -0.133. The standard InChI is InChI=1S/C26H31FN2O6/c1-15-22(27)23(28-35-15)33-13-5-6-16-7-9-17(10-8-16)19-14-18-11-12-20(21(19)24(30)31)29(18)25(32)34-26(2,3)4/h7-10,18,20H,5-6,11-14H2,1-4H3,(H,30,31). The molecule has 0 spiro atoms. The first-order valence-electron chi connectivity index (χ1n) is 11.9. The highest BCUT2D eigenvalue weighted by atomic mass is 19.1. The Morgan fingerprint density at radius 3 is 2.54 bits per heavy atom. The maximum absolute atomic E-state index is 13.7. The van der Waals surface area contributed by atoms with Gasteiger partial charge in [0, 0.05) is 6.04 Å². The zero-order valence-electron chi connectivity index (χ0n) is 20.5. The van der Waals surface area contributed by atoms with Gasteiger partial charge in [0.25, 0.3) is 5.88 Å². The highest BCUT2D eigenvalue weighted by Crippen LogP contribution is 2.43. The zero-order valence-corrected chi connectivity index (χ0v) is 20.5. The number of hydrogen-bond acceptors (Lipinski definition) is 6. The van der Waals surface area contributed by atoms with Crippen LogP contribution in [0.1, 0.15) is 63.3 Å². The Morgan fingerprint density at radius 1 is 1.23 bits per heavy atom. The predicted molar refractivity (Wildman–Crippen MR) is 126 cm³/mol. The molecule has 1 saturated heterocycles. The lowest BCUT2D eigenvalue weighted by Gasteiger charge is -2.37. The van der Waals surface area contributed by atoms with Crippen molar-refractivity contribution in [1.29, 1.82) is 0 Å². The Bertz CT molecular complexity index is 1130. The summed E-state index contributed by atoms with van der Waals surface area (Å²) in [5.41, 5.74) is 2.31. The molecular weight excluding hydrogens is 455 g/mol. The van der Waals surface area contributed by atoms with Gasteiger partial charge in [0.15, 0.2) is 5.76 Å². The van der Waals surface area contributed by atoms with Crippen molar-refractivity contribution in [3.8, 4) is 5.88 Å². The molecule has 2 unspecified atom stereocenters. The van der Waals surface area contributed by atoms with Crippen molar-refractivity contribution < 1.29 is 33.1 Å². The number of nitrogens with zero attached hydrogens (tertiary/aromatic N) is 2. The predicted octanol–water partition coefficient (Wildman–Crippen LogP) is 5.14. The molecule has 1 aromatic heterocycles. The van der Waals surface area contributed by atoms with E-state index < -0.39 is 29.5 Å². The number of hydrogen-bond donors (Lipinski definition) is 1. The van der Waals surface area contributed by atoms with Crippen LogP contribution < -0.4 is 4.74 Å². The fraction of sp³-hybridized carbons (Fsp3) is 0.500. The first-order valence-corrected chi connectivity index (χ1v) is 11.9. The minimum absolute atomic E-state index is 0.0784. The minimum Gasteiger partial charge on any atom is -0.478 e. The number of aliphatic carboxylic acids is 1. The molecule has 0 aliphatic carbocycles. The lowest BCUT2D eigenvalue weighted by Crippen LogP contribution is -2.48. The van der Waals surface area contributed by atoms with E-state index in [2.05, 4.69) is 5.16 Å². The maximum atomic E-state index is 13.7. The van der Waals surface area contributed by atoms with E-state index in [-0.39, 0.29) is 23.3 Å². The molecule has 2 atom stereocenters. The second kappa shape index (κ2) is 9.71. The molecule has 2 aromatic rings. The normalized spacial score (nSPS) is 19.7.